The normalized spacial score (nSPS) is 19.7. The first-order valence-electron chi connectivity index (χ1n) is 35.6. The van der Waals surface area contributed by atoms with Crippen LogP contribution in [-0.4, -0.2) is 219 Å². The molecule has 2 fully saturated rings. The van der Waals surface area contributed by atoms with E-state index in [-0.39, 0.29) is 118 Å². The molecule has 13 atom stereocenters. The fourth-order valence-electron chi connectivity index (χ4n) is 10.1. The SMILES string of the molecule is CC#CC#CC#CC#CC#CC#CC#CC#CC#CC#CC#CC#CC(=O)N[C@@H](CO[C@H]1OC(COCCCCCCCC(=O)CCC(=O)OCCOC(=O)CCC(=O)NCCCCCO[C@]2(C(=O)O)C[C@@H](O)[C@@H](O)C([C@H](O)CO)O2)[C@H](O)[C@H](O)C1O)[C@H](O)[C@H](O)CCCCCCCCCCCCCC.[HH].[HH].[HH].[HH].[HH].[HH].[HH].[HH].[HH].[HH].[HH].[HH].[HH].[HH].[HH].[HH].[HH].[HH].[HH].[HH].[HH].[HH].[HH].[HH]. The number of ether oxygens (including phenoxy) is 7. The topological polar surface area (TPSA) is 393 Å². The van der Waals surface area contributed by atoms with E-state index >= 15 is 0 Å². The van der Waals surface area contributed by atoms with Gasteiger partial charge in [-0.25, -0.2) is 4.79 Å². The van der Waals surface area contributed by atoms with Crippen molar-refractivity contribution in [1.82, 2.24) is 10.6 Å². The molecule has 2 saturated heterocycles. The van der Waals surface area contributed by atoms with Gasteiger partial charge in [-0.3, -0.25) is 24.0 Å². The lowest BCUT2D eigenvalue weighted by molar-refractivity contribution is -0.323. The zero-order chi connectivity index (χ0) is 77.0. The van der Waals surface area contributed by atoms with E-state index in [0.29, 0.717) is 38.5 Å². The van der Waals surface area contributed by atoms with Gasteiger partial charge in [0.25, 0.3) is 11.7 Å². The summed E-state index contributed by atoms with van der Waals surface area (Å²) in [6.45, 7) is 2.14. The van der Waals surface area contributed by atoms with Gasteiger partial charge in [-0.05, 0) is 140 Å². The Morgan fingerprint density at radius 2 is 1.03 bits per heavy atom. The maximum Gasteiger partial charge on any atom is 0.364 e. The highest BCUT2D eigenvalue weighted by Gasteiger charge is 2.54. The second kappa shape index (κ2) is 59.4. The predicted molar refractivity (Wildman–Crippen MR) is 434 cm³/mol. The Kier molecular flexibility index (Phi) is 52.2. The average molecular weight is 1510 g/mol. The van der Waals surface area contributed by atoms with Gasteiger partial charge in [-0.2, -0.15) is 0 Å². The van der Waals surface area contributed by atoms with E-state index in [2.05, 4.69) is 160 Å². The summed E-state index contributed by atoms with van der Waals surface area (Å²) in [5.74, 6) is 52.8. The van der Waals surface area contributed by atoms with Crippen LogP contribution >= 0.6 is 0 Å². The Bertz CT molecular complexity index is 3600. The van der Waals surface area contributed by atoms with Crippen LogP contribution in [0.3, 0.4) is 0 Å². The number of hydrogen-bond donors (Lipinski definition) is 12. The van der Waals surface area contributed by atoms with Crippen LogP contribution in [0.2, 0.25) is 0 Å². The molecular formula is C80H148N2O23. The van der Waals surface area contributed by atoms with Crippen LogP contribution in [0.25, 0.3) is 0 Å². The van der Waals surface area contributed by atoms with Crippen LogP contribution in [0.15, 0.2) is 0 Å². The van der Waals surface area contributed by atoms with E-state index in [4.69, 9.17) is 33.2 Å². The molecule has 2 heterocycles. The molecule has 0 aliphatic carbocycles. The van der Waals surface area contributed by atoms with Gasteiger partial charge in [0.1, 0.15) is 67.8 Å². The van der Waals surface area contributed by atoms with E-state index < -0.39 is 129 Å². The van der Waals surface area contributed by atoms with Gasteiger partial charge in [-0.15, -0.1) is 0 Å². The molecule has 0 radical (unpaired) electrons. The molecule has 2 aliphatic heterocycles. The van der Waals surface area contributed by atoms with Gasteiger partial charge in [0.15, 0.2) is 6.29 Å². The maximum absolute atomic E-state index is 13.1. The van der Waals surface area contributed by atoms with Crippen molar-refractivity contribution in [3.63, 3.8) is 0 Å². The second-order valence-electron chi connectivity index (χ2n) is 24.3. The number of aliphatic hydroxyl groups excluding tert-OH is 9. The molecule has 2 rings (SSSR count). The van der Waals surface area contributed by atoms with Gasteiger partial charge in [0.2, 0.25) is 5.91 Å². The molecule has 0 aromatic rings. The Labute approximate surface area is 653 Å². The number of carbonyl (C=O) groups excluding carboxylic acids is 5. The van der Waals surface area contributed by atoms with E-state index in [0.717, 1.165) is 44.9 Å². The molecule has 105 heavy (non-hydrogen) atoms. The fraction of sp³-hybridized carbons (Fsp3) is 0.625. The zero-order valence-electron chi connectivity index (χ0n) is 60.0. The lowest BCUT2D eigenvalue weighted by atomic mass is 9.92. The maximum atomic E-state index is 13.1. The number of aliphatic hydroxyl groups is 9. The third-order valence-corrected chi connectivity index (χ3v) is 15.9. The van der Waals surface area contributed by atoms with Crippen LogP contribution in [0.1, 0.15) is 221 Å². The number of carboxylic acid groups (broad SMARTS) is 1. The van der Waals surface area contributed by atoms with Crippen LogP contribution in [0, 0.1) is 142 Å². The van der Waals surface area contributed by atoms with Crippen molar-refractivity contribution in [3.8, 4) is 142 Å². The summed E-state index contributed by atoms with van der Waals surface area (Å²) < 4.78 is 38.3. The number of carboxylic acids is 1. The minimum atomic E-state index is -2.36. The number of rotatable bonds is 48. The first kappa shape index (κ1) is 92.3. The van der Waals surface area contributed by atoms with Crippen LogP contribution < -0.4 is 10.6 Å². The molecule has 2 amide bonds. The Morgan fingerprint density at radius 3 is 1.56 bits per heavy atom. The molecule has 25 nitrogen and oxygen atoms in total. The summed E-state index contributed by atoms with van der Waals surface area (Å²) in [6.07, 6.45) is 0.0464. The highest BCUT2D eigenvalue weighted by atomic mass is 16.7. The summed E-state index contributed by atoms with van der Waals surface area (Å²) in [5, 5.41) is 109. The number of esters is 2. The summed E-state index contributed by atoms with van der Waals surface area (Å²) in [4.78, 5) is 74.1. The number of hydrogen-bond acceptors (Lipinski definition) is 22. The third kappa shape index (κ3) is 43.9. The lowest BCUT2D eigenvalue weighted by Crippen LogP contribution is -2.62. The minimum absolute atomic E-state index is 0. The van der Waals surface area contributed by atoms with Crippen molar-refractivity contribution < 1.29 is 147 Å². The Hall–Kier alpha value is -8.82. The van der Waals surface area contributed by atoms with Crippen molar-refractivity contribution in [2.75, 3.05) is 52.8 Å². The van der Waals surface area contributed by atoms with E-state index in [1.807, 2.05) is 0 Å². The molecule has 25 heteroatoms. The highest BCUT2D eigenvalue weighted by Crippen LogP contribution is 2.33. The second-order valence-corrected chi connectivity index (χ2v) is 24.3. The molecule has 2 aliphatic rings. The van der Waals surface area contributed by atoms with Gasteiger partial charge in [0, 0.05) is 115 Å². The average Bonchev–Trinajstić information content (AvgIpc) is 0.779. The van der Waals surface area contributed by atoms with E-state index in [1.54, 1.807) is 6.92 Å². The number of nitrogens with one attached hydrogen (secondary N) is 2. The number of unbranched alkanes of at least 4 members (excludes halogenated alkanes) is 17. The van der Waals surface area contributed by atoms with E-state index in [9.17, 15) is 79.8 Å². The monoisotopic (exact) mass is 1510 g/mol. The van der Waals surface area contributed by atoms with Gasteiger partial charge in [-0.1, -0.05) is 109 Å². The summed E-state index contributed by atoms with van der Waals surface area (Å²) in [5.41, 5.74) is 0. The molecule has 0 aromatic heterocycles. The minimum Gasteiger partial charge on any atom is -0.477 e. The molecule has 616 valence electrons. The Morgan fingerprint density at radius 1 is 0.543 bits per heavy atom. The predicted octanol–water partition coefficient (Wildman–Crippen LogP) is 7.59. The van der Waals surface area contributed by atoms with Crippen molar-refractivity contribution in [3.05, 3.63) is 0 Å². The molecule has 12 N–H and O–H groups in total. The van der Waals surface area contributed by atoms with Crippen LogP contribution in [0.4, 0.5) is 0 Å². The summed E-state index contributed by atoms with van der Waals surface area (Å²) in [6, 6.07) is -1.29. The highest BCUT2D eigenvalue weighted by molar-refractivity contribution is 5.94. The number of Topliss-reactive ketones (excluding diaryl/α,β-unsaturated/α-hetero) is 1. The van der Waals surface area contributed by atoms with Crippen molar-refractivity contribution in [1.29, 1.82) is 0 Å². The summed E-state index contributed by atoms with van der Waals surface area (Å²) >= 11 is 0. The number of aliphatic carboxylic acids is 1. The van der Waals surface area contributed by atoms with Gasteiger partial charge in [0.05, 0.1) is 57.5 Å². The molecule has 3 unspecified atom stereocenters. The largest absolute Gasteiger partial charge is 0.477 e. The molecular weight excluding hydrogens is 1360 g/mol. The molecule has 0 spiro atoms. The Balaban J connectivity index is -0.000000223. The molecule has 0 bridgehead atoms. The van der Waals surface area contributed by atoms with Crippen molar-refractivity contribution in [2.24, 2.45) is 0 Å². The standard InChI is InChI=1S/C80H100N2O23.24H2/c1-3-5-7-9-11-13-15-17-18-19-20-21-22-23-24-25-26-27-29-31-33-37-42-48-69(89)82-63(72(92)64(85)47-41-36-32-30-28-16-14-12-10-8-6-4-2)60-102-78-76(96)75(95)74(94)67(104-78)61-99-54-44-38-34-35-40-46-62(84)49-51-70(90)100-56-57-101-71(91)52-50-68(88)81-53-43-39-45-55-103-80(79(97)98)58-65(86)73(93)77(105-80)66(87)59-83;;;;;;;;;;;;;;;;;;;;;;;;/h63-67,72-78,83,85-87,92-96H,4,6,8,10,12,14,16,28,30,32,34-36,38-41,43-47,49-61H2,1-2H3,(H,81,88)(H,82,89)(H,97,98);24*1H/t63-,64+,65+,66+,67?,72-,73+,74-,75-,76?,77?,78-,80+;;;;;;;;;;;;;;;;;;;;;;;;/m0......................../s1. The van der Waals surface area contributed by atoms with Crippen LogP contribution in [0.5, 0.6) is 0 Å². The third-order valence-electron chi connectivity index (χ3n) is 15.9. The smallest absolute Gasteiger partial charge is 0.364 e. The first-order valence-corrected chi connectivity index (χ1v) is 35.6. The molecule has 0 aromatic carbocycles. The quantitative estimate of drug-likeness (QED) is 0.0158. The number of carbonyl (C=O) groups is 6. The zero-order valence-corrected chi connectivity index (χ0v) is 60.0. The fourth-order valence-corrected chi connectivity index (χ4v) is 10.1. The first-order chi connectivity index (χ1) is 50.8. The summed E-state index contributed by atoms with van der Waals surface area (Å²) in [7, 11) is 0. The number of amides is 2. The number of ketones is 1. The van der Waals surface area contributed by atoms with Crippen molar-refractivity contribution in [2.45, 2.75) is 266 Å². The van der Waals surface area contributed by atoms with Gasteiger partial charge >= 0.3 is 17.9 Å². The lowest BCUT2D eigenvalue weighted by Gasteiger charge is -2.43. The van der Waals surface area contributed by atoms with Gasteiger partial charge < -0.3 is 94.9 Å². The van der Waals surface area contributed by atoms with E-state index in [1.165, 1.54) is 44.9 Å². The van der Waals surface area contributed by atoms with Crippen molar-refractivity contribution >= 4 is 35.5 Å². The van der Waals surface area contributed by atoms with Crippen LogP contribution in [-0.2, 0) is 61.9 Å². The molecule has 0 saturated carbocycles.